The van der Waals surface area contributed by atoms with Gasteiger partial charge in [-0.3, -0.25) is 0 Å². The quantitative estimate of drug-likeness (QED) is 0.171. The fourth-order valence-electron chi connectivity index (χ4n) is 11.2. The maximum atomic E-state index is 2.77. The lowest BCUT2D eigenvalue weighted by Crippen LogP contribution is -2.54. The third kappa shape index (κ3) is 6.56. The molecule has 3 aliphatic rings. The van der Waals surface area contributed by atoms with E-state index in [9.17, 15) is 0 Å². The second-order valence-electron chi connectivity index (χ2n) is 22.6. The molecule has 0 saturated heterocycles. The smallest absolute Gasteiger partial charge is 0.101 e. The highest BCUT2D eigenvalue weighted by Crippen LogP contribution is 2.62. The third-order valence-electron chi connectivity index (χ3n) is 15.4. The van der Waals surface area contributed by atoms with Crippen LogP contribution in [0.1, 0.15) is 155 Å². The minimum absolute atomic E-state index is 0.0117. The van der Waals surface area contributed by atoms with Crippen molar-refractivity contribution in [3.63, 3.8) is 0 Å². The van der Waals surface area contributed by atoms with Gasteiger partial charge < -0.3 is 9.80 Å². The highest BCUT2D eigenvalue weighted by Gasteiger charge is 2.58. The molecule has 0 N–H and O–H groups in total. The van der Waals surface area contributed by atoms with Crippen LogP contribution in [0.15, 0.2) is 103 Å². The predicted molar refractivity (Wildman–Crippen MR) is 262 cm³/mol. The van der Waals surface area contributed by atoms with Crippen LogP contribution in [0.4, 0.5) is 27.8 Å². The van der Waals surface area contributed by atoms with Crippen molar-refractivity contribution >= 4 is 49.2 Å². The molecular weight excluding hydrogens is 745 g/mol. The molecule has 312 valence electrons. The summed E-state index contributed by atoms with van der Waals surface area (Å²) in [7, 11) is 0. The summed E-state index contributed by atoms with van der Waals surface area (Å²) in [4.78, 5) is 5.37. The van der Waals surface area contributed by atoms with Gasteiger partial charge in [-0.05, 0) is 160 Å². The predicted octanol–water partition coefficient (Wildman–Crippen LogP) is 17.0. The van der Waals surface area contributed by atoms with E-state index in [4.69, 9.17) is 0 Å². The topological polar surface area (TPSA) is 6.48 Å². The van der Waals surface area contributed by atoms with Crippen molar-refractivity contribution in [2.75, 3.05) is 9.80 Å². The molecule has 3 heteroatoms. The lowest BCUT2D eigenvalue weighted by atomic mass is 9.61. The summed E-state index contributed by atoms with van der Waals surface area (Å²) in [6, 6.07) is 40.8. The van der Waals surface area contributed by atoms with Crippen molar-refractivity contribution in [2.24, 2.45) is 0 Å². The summed E-state index contributed by atoms with van der Waals surface area (Å²) in [5, 5.41) is 2.60. The van der Waals surface area contributed by atoms with Crippen molar-refractivity contribution in [3.05, 3.63) is 137 Å². The Morgan fingerprint density at radius 1 is 0.600 bits per heavy atom. The van der Waals surface area contributed by atoms with Crippen LogP contribution in [0.5, 0.6) is 0 Å². The lowest BCUT2D eigenvalue weighted by Gasteiger charge is -2.50. The number of thiophene rings is 1. The SMILES string of the molecule is Cc1cc(N(c2cc3cc4c(cc3s2)C(C)(C)CCC4(C)C)c2ccc(C(C)(C)C)cc2-c2ccccc2)cc(N2c3ccc(C(C)(C)C)cc3C3(C)CCCCC23C)c1. The third-order valence-corrected chi connectivity index (χ3v) is 16.5. The van der Waals surface area contributed by atoms with Gasteiger partial charge in [0.1, 0.15) is 5.00 Å². The number of aryl methyl sites for hydroxylation is 1. The Morgan fingerprint density at radius 3 is 1.92 bits per heavy atom. The van der Waals surface area contributed by atoms with Crippen LogP contribution in [0.25, 0.3) is 21.2 Å². The average Bonchev–Trinajstić information content (AvgIpc) is 3.68. The Hall–Kier alpha value is -4.34. The summed E-state index contributed by atoms with van der Waals surface area (Å²) in [5.74, 6) is 0. The molecule has 1 fully saturated rings. The molecule has 2 aliphatic carbocycles. The molecule has 1 aromatic heterocycles. The fourth-order valence-corrected chi connectivity index (χ4v) is 12.4. The molecule has 9 rings (SSSR count). The maximum absolute atomic E-state index is 2.77. The van der Waals surface area contributed by atoms with Gasteiger partial charge in [-0.25, -0.2) is 0 Å². The summed E-state index contributed by atoms with van der Waals surface area (Å²) in [5.41, 5.74) is 16.7. The van der Waals surface area contributed by atoms with E-state index in [1.807, 2.05) is 11.3 Å². The number of anilines is 5. The number of fused-ring (bicyclic) bond motifs is 5. The molecule has 6 aromatic rings. The van der Waals surface area contributed by atoms with Crippen molar-refractivity contribution < 1.29 is 0 Å². The molecule has 0 radical (unpaired) electrons. The standard InChI is InChI=1S/C57H68N2S/c1-37-29-42(35-43(30-37)59-49-24-22-41(53(5,6)7)34-47(49)56(12)25-17-18-26-57(56,59)13)58(48-23-21-40(52(2,3)4)33-44(48)38-19-15-14-16-20-38)51-32-39-31-45-46(36-50(39)60-51)55(10,11)28-27-54(45,8)9/h14-16,19-24,29-36H,17-18,25-28H2,1-13H3. The normalized spacial score (nSPS) is 22.1. The van der Waals surface area contributed by atoms with Gasteiger partial charge in [0, 0.05) is 32.7 Å². The molecule has 0 bridgehead atoms. The molecule has 2 unspecified atom stereocenters. The first kappa shape index (κ1) is 41.0. The highest BCUT2D eigenvalue weighted by molar-refractivity contribution is 7.23. The van der Waals surface area contributed by atoms with Crippen LogP contribution in [-0.4, -0.2) is 5.54 Å². The first-order valence-electron chi connectivity index (χ1n) is 22.8. The highest BCUT2D eigenvalue weighted by atomic mass is 32.1. The summed E-state index contributed by atoms with van der Waals surface area (Å²) in [6.07, 6.45) is 7.35. The lowest BCUT2D eigenvalue weighted by molar-refractivity contribution is 0.195. The van der Waals surface area contributed by atoms with E-state index in [-0.39, 0.29) is 32.6 Å². The molecule has 0 amide bonds. The van der Waals surface area contributed by atoms with Gasteiger partial charge >= 0.3 is 0 Å². The average molecular weight is 813 g/mol. The molecule has 60 heavy (non-hydrogen) atoms. The summed E-state index contributed by atoms with van der Waals surface area (Å²) in [6.45, 7) is 31.3. The zero-order valence-corrected chi connectivity index (χ0v) is 39.7. The van der Waals surface area contributed by atoms with Crippen LogP contribution >= 0.6 is 11.3 Å². The Kier molecular flexibility index (Phi) is 9.46. The molecule has 2 nitrogen and oxygen atoms in total. The Labute approximate surface area is 366 Å². The van der Waals surface area contributed by atoms with E-state index >= 15 is 0 Å². The summed E-state index contributed by atoms with van der Waals surface area (Å²) < 4.78 is 1.37. The Bertz CT molecular complexity index is 2570. The minimum atomic E-state index is -0.0418. The molecule has 1 saturated carbocycles. The molecule has 2 atom stereocenters. The van der Waals surface area contributed by atoms with Crippen molar-refractivity contribution in [1.82, 2.24) is 0 Å². The summed E-state index contributed by atoms with van der Waals surface area (Å²) >= 11 is 1.95. The van der Waals surface area contributed by atoms with E-state index in [1.165, 1.54) is 121 Å². The first-order chi connectivity index (χ1) is 28.1. The van der Waals surface area contributed by atoms with Crippen LogP contribution in [0, 0.1) is 6.92 Å². The Balaban J connectivity index is 1.30. The van der Waals surface area contributed by atoms with E-state index in [0.29, 0.717) is 0 Å². The van der Waals surface area contributed by atoms with E-state index < -0.39 is 0 Å². The largest absolute Gasteiger partial charge is 0.334 e. The van der Waals surface area contributed by atoms with Crippen molar-refractivity contribution in [2.45, 2.75) is 161 Å². The Morgan fingerprint density at radius 2 is 1.23 bits per heavy atom. The van der Waals surface area contributed by atoms with Crippen LogP contribution in [0.3, 0.4) is 0 Å². The van der Waals surface area contributed by atoms with Gasteiger partial charge in [0.2, 0.25) is 0 Å². The fraction of sp³-hybridized carbons (Fsp3) is 0.439. The van der Waals surface area contributed by atoms with Gasteiger partial charge in [-0.1, -0.05) is 138 Å². The van der Waals surface area contributed by atoms with Crippen molar-refractivity contribution in [3.8, 4) is 11.1 Å². The second kappa shape index (κ2) is 13.8. The van der Waals surface area contributed by atoms with Gasteiger partial charge in [-0.2, -0.15) is 0 Å². The van der Waals surface area contributed by atoms with Crippen molar-refractivity contribution in [1.29, 1.82) is 0 Å². The van der Waals surface area contributed by atoms with Crippen LogP contribution in [-0.2, 0) is 27.1 Å². The van der Waals surface area contributed by atoms with Gasteiger partial charge in [0.15, 0.2) is 0 Å². The zero-order chi connectivity index (χ0) is 42.8. The van der Waals surface area contributed by atoms with Gasteiger partial charge in [0.25, 0.3) is 0 Å². The monoisotopic (exact) mass is 813 g/mol. The zero-order valence-electron chi connectivity index (χ0n) is 38.9. The van der Waals surface area contributed by atoms with Gasteiger partial charge in [0.05, 0.1) is 11.2 Å². The number of nitrogens with zero attached hydrogens (tertiary/aromatic N) is 2. The maximum Gasteiger partial charge on any atom is 0.101 e. The minimum Gasteiger partial charge on any atom is -0.334 e. The molecular formula is C57H68N2S. The molecule has 1 aliphatic heterocycles. The first-order valence-corrected chi connectivity index (χ1v) is 23.6. The van der Waals surface area contributed by atoms with E-state index in [2.05, 4.69) is 203 Å². The second-order valence-corrected chi connectivity index (χ2v) is 23.7. The van der Waals surface area contributed by atoms with Crippen LogP contribution < -0.4 is 9.80 Å². The van der Waals surface area contributed by atoms with Crippen LogP contribution in [0.2, 0.25) is 0 Å². The number of rotatable bonds is 5. The number of benzene rings is 5. The van der Waals surface area contributed by atoms with E-state index in [0.717, 1.165) is 0 Å². The van der Waals surface area contributed by atoms with E-state index in [1.54, 1.807) is 0 Å². The van der Waals surface area contributed by atoms with Gasteiger partial charge in [-0.15, -0.1) is 11.3 Å². The molecule has 0 spiro atoms. The number of hydrogen-bond acceptors (Lipinski definition) is 3. The molecule has 2 heterocycles. The number of hydrogen-bond donors (Lipinski definition) is 0. The molecule has 5 aromatic carbocycles.